The van der Waals surface area contributed by atoms with Crippen LogP contribution in [0.1, 0.15) is 30.3 Å². The van der Waals surface area contributed by atoms with E-state index in [0.29, 0.717) is 12.3 Å². The van der Waals surface area contributed by atoms with Crippen molar-refractivity contribution in [2.24, 2.45) is 0 Å². The van der Waals surface area contributed by atoms with Crippen molar-refractivity contribution in [3.63, 3.8) is 0 Å². The molecule has 0 fully saturated rings. The summed E-state index contributed by atoms with van der Waals surface area (Å²) >= 11 is 0. The van der Waals surface area contributed by atoms with Crippen LogP contribution in [-0.2, 0) is 16.0 Å². The zero-order valence-corrected chi connectivity index (χ0v) is 9.94. The Hall–Kier alpha value is -1.29. The Labute approximate surface area is 96.2 Å². The van der Waals surface area contributed by atoms with Crippen molar-refractivity contribution < 1.29 is 14.3 Å². The molecular formula is C12H19NO3. The average Bonchev–Trinajstić information content (AvgIpc) is 2.73. The number of esters is 1. The van der Waals surface area contributed by atoms with Crippen LogP contribution in [0.2, 0.25) is 0 Å². The van der Waals surface area contributed by atoms with E-state index in [1.807, 2.05) is 23.8 Å². The number of nitrogens with zero attached hydrogens (tertiary/aromatic N) is 1. The Kier molecular flexibility index (Phi) is 5.64. The molecule has 0 aromatic carbocycles. The smallest absolute Gasteiger partial charge is 0.354 e. The zero-order chi connectivity index (χ0) is 11.8. The van der Waals surface area contributed by atoms with Crippen LogP contribution in [0.25, 0.3) is 0 Å². The van der Waals surface area contributed by atoms with Gasteiger partial charge in [0.25, 0.3) is 0 Å². The summed E-state index contributed by atoms with van der Waals surface area (Å²) in [5, 5.41) is 0. The number of aryl methyl sites for hydroxylation is 1. The third-order valence-electron chi connectivity index (χ3n) is 2.31. The maximum Gasteiger partial charge on any atom is 0.354 e. The Morgan fingerprint density at radius 3 is 2.94 bits per heavy atom. The van der Waals surface area contributed by atoms with Gasteiger partial charge in [-0.25, -0.2) is 4.79 Å². The zero-order valence-electron chi connectivity index (χ0n) is 9.94. The summed E-state index contributed by atoms with van der Waals surface area (Å²) in [5.41, 5.74) is 0.624. The minimum absolute atomic E-state index is 0.251. The van der Waals surface area contributed by atoms with E-state index in [-0.39, 0.29) is 5.97 Å². The van der Waals surface area contributed by atoms with E-state index in [4.69, 9.17) is 9.47 Å². The first kappa shape index (κ1) is 12.8. The lowest BCUT2D eigenvalue weighted by Crippen LogP contribution is -2.12. The number of ether oxygens (including phenoxy) is 2. The molecule has 0 spiro atoms. The van der Waals surface area contributed by atoms with E-state index in [9.17, 15) is 4.79 Å². The second-order valence-electron chi connectivity index (χ2n) is 3.51. The van der Waals surface area contributed by atoms with Crippen LogP contribution < -0.4 is 0 Å². The standard InChI is InChI=1S/C12H19NO3/c1-3-16-12(14)11-7-6-9-13(11)8-4-5-10-15-2/h6-7,9H,3-5,8,10H2,1-2H3. The molecule has 0 N–H and O–H groups in total. The van der Waals surface area contributed by atoms with Crippen LogP contribution >= 0.6 is 0 Å². The van der Waals surface area contributed by atoms with E-state index in [1.54, 1.807) is 13.2 Å². The summed E-state index contributed by atoms with van der Waals surface area (Å²) in [6.07, 6.45) is 3.89. The van der Waals surface area contributed by atoms with Crippen molar-refractivity contribution in [3.8, 4) is 0 Å². The molecule has 0 aliphatic rings. The van der Waals surface area contributed by atoms with Crippen LogP contribution in [0.15, 0.2) is 18.3 Å². The molecule has 0 radical (unpaired) electrons. The van der Waals surface area contributed by atoms with E-state index in [1.165, 1.54) is 0 Å². The molecule has 4 nitrogen and oxygen atoms in total. The van der Waals surface area contributed by atoms with Crippen molar-refractivity contribution in [2.75, 3.05) is 20.3 Å². The lowest BCUT2D eigenvalue weighted by atomic mass is 10.3. The molecule has 0 bridgehead atoms. The molecular weight excluding hydrogens is 206 g/mol. The Balaban J connectivity index is 2.47. The lowest BCUT2D eigenvalue weighted by Gasteiger charge is -2.08. The minimum Gasteiger partial charge on any atom is -0.461 e. The number of rotatable bonds is 7. The predicted molar refractivity (Wildman–Crippen MR) is 61.5 cm³/mol. The molecule has 0 saturated carbocycles. The van der Waals surface area contributed by atoms with Crippen LogP contribution in [0.4, 0.5) is 0 Å². The van der Waals surface area contributed by atoms with E-state index in [0.717, 1.165) is 26.0 Å². The van der Waals surface area contributed by atoms with Crippen molar-refractivity contribution in [3.05, 3.63) is 24.0 Å². The van der Waals surface area contributed by atoms with Gasteiger partial charge >= 0.3 is 5.97 Å². The van der Waals surface area contributed by atoms with Gasteiger partial charge in [0.2, 0.25) is 0 Å². The fourth-order valence-corrected chi connectivity index (χ4v) is 1.53. The van der Waals surface area contributed by atoms with Crippen molar-refractivity contribution >= 4 is 5.97 Å². The van der Waals surface area contributed by atoms with Gasteiger partial charge in [-0.05, 0) is 31.9 Å². The van der Waals surface area contributed by atoms with Crippen LogP contribution in [0, 0.1) is 0 Å². The summed E-state index contributed by atoms with van der Waals surface area (Å²) in [6, 6.07) is 3.65. The summed E-state index contributed by atoms with van der Waals surface area (Å²) in [6.45, 7) is 3.80. The first-order chi connectivity index (χ1) is 7.79. The van der Waals surface area contributed by atoms with Crippen molar-refractivity contribution in [1.82, 2.24) is 4.57 Å². The number of unbranched alkanes of at least 4 members (excludes halogenated alkanes) is 1. The first-order valence-electron chi connectivity index (χ1n) is 5.60. The average molecular weight is 225 g/mol. The Morgan fingerprint density at radius 2 is 2.25 bits per heavy atom. The topological polar surface area (TPSA) is 40.5 Å². The number of methoxy groups -OCH3 is 1. The molecule has 0 amide bonds. The van der Waals surface area contributed by atoms with Crippen LogP contribution in [0.5, 0.6) is 0 Å². The molecule has 1 heterocycles. The van der Waals surface area contributed by atoms with Crippen LogP contribution in [0.3, 0.4) is 0 Å². The first-order valence-corrected chi connectivity index (χ1v) is 5.60. The highest BCUT2D eigenvalue weighted by atomic mass is 16.5. The second-order valence-corrected chi connectivity index (χ2v) is 3.51. The van der Waals surface area contributed by atoms with Gasteiger partial charge in [0.05, 0.1) is 6.61 Å². The predicted octanol–water partition coefficient (Wildman–Crippen LogP) is 2.09. The molecule has 0 aliphatic carbocycles. The number of carbonyl (C=O) groups excluding carboxylic acids is 1. The number of hydrogen-bond donors (Lipinski definition) is 0. The van der Waals surface area contributed by atoms with Crippen LogP contribution in [-0.4, -0.2) is 30.9 Å². The number of hydrogen-bond acceptors (Lipinski definition) is 3. The third kappa shape index (κ3) is 3.70. The molecule has 4 heteroatoms. The molecule has 1 rings (SSSR count). The van der Waals surface area contributed by atoms with Crippen molar-refractivity contribution in [1.29, 1.82) is 0 Å². The van der Waals surface area contributed by atoms with Gasteiger partial charge in [-0.2, -0.15) is 0 Å². The summed E-state index contributed by atoms with van der Waals surface area (Å²) in [4.78, 5) is 11.5. The maximum atomic E-state index is 11.5. The quantitative estimate of drug-likeness (QED) is 0.527. The third-order valence-corrected chi connectivity index (χ3v) is 2.31. The number of carbonyl (C=O) groups is 1. The normalized spacial score (nSPS) is 10.4. The fraction of sp³-hybridized carbons (Fsp3) is 0.583. The SMILES string of the molecule is CCOC(=O)c1cccn1CCCCOC. The molecule has 1 aromatic heterocycles. The van der Waals surface area contributed by atoms with Gasteiger partial charge in [-0.15, -0.1) is 0 Å². The summed E-state index contributed by atoms with van der Waals surface area (Å²) in [7, 11) is 1.69. The highest BCUT2D eigenvalue weighted by Crippen LogP contribution is 2.06. The van der Waals surface area contributed by atoms with Crippen molar-refractivity contribution in [2.45, 2.75) is 26.3 Å². The van der Waals surface area contributed by atoms with Gasteiger partial charge in [-0.1, -0.05) is 0 Å². The highest BCUT2D eigenvalue weighted by molar-refractivity contribution is 5.87. The fourth-order valence-electron chi connectivity index (χ4n) is 1.53. The highest BCUT2D eigenvalue weighted by Gasteiger charge is 2.10. The molecule has 0 unspecified atom stereocenters. The summed E-state index contributed by atoms with van der Waals surface area (Å²) < 4.78 is 11.9. The molecule has 0 saturated heterocycles. The molecule has 0 atom stereocenters. The van der Waals surface area contributed by atoms with Gasteiger partial charge < -0.3 is 14.0 Å². The number of aromatic nitrogens is 1. The van der Waals surface area contributed by atoms with Gasteiger partial charge in [0.1, 0.15) is 5.69 Å². The second kappa shape index (κ2) is 7.06. The molecule has 90 valence electrons. The maximum absolute atomic E-state index is 11.5. The lowest BCUT2D eigenvalue weighted by molar-refractivity contribution is 0.0513. The van der Waals surface area contributed by atoms with E-state index < -0.39 is 0 Å². The molecule has 16 heavy (non-hydrogen) atoms. The largest absolute Gasteiger partial charge is 0.461 e. The van der Waals surface area contributed by atoms with E-state index >= 15 is 0 Å². The monoisotopic (exact) mass is 225 g/mol. The Morgan fingerprint density at radius 1 is 1.44 bits per heavy atom. The Bertz CT molecular complexity index is 320. The molecule has 0 aliphatic heterocycles. The molecule has 1 aromatic rings. The summed E-state index contributed by atoms with van der Waals surface area (Å²) in [5.74, 6) is -0.251. The minimum atomic E-state index is -0.251. The van der Waals surface area contributed by atoms with Gasteiger partial charge in [-0.3, -0.25) is 0 Å². The van der Waals surface area contributed by atoms with Gasteiger partial charge in [0.15, 0.2) is 0 Å². The van der Waals surface area contributed by atoms with E-state index in [2.05, 4.69) is 0 Å². The van der Waals surface area contributed by atoms with Gasteiger partial charge in [0, 0.05) is 26.5 Å².